The lowest BCUT2D eigenvalue weighted by Gasteiger charge is -2.33. The second-order valence-corrected chi connectivity index (χ2v) is 7.45. The molecular formula is C27H38N4O2. The maximum absolute atomic E-state index is 11.2. The van der Waals surface area contributed by atoms with Crippen molar-refractivity contribution in [2.75, 3.05) is 34.8 Å². The molecule has 0 bridgehead atoms. The molecule has 1 unspecified atom stereocenters. The molecule has 0 aliphatic rings. The lowest BCUT2D eigenvalue weighted by atomic mass is 9.98. The zero-order chi connectivity index (χ0) is 24.8. The van der Waals surface area contributed by atoms with Gasteiger partial charge in [0.25, 0.3) is 0 Å². The number of carbonyl (C=O) groups excluding carboxylic acids is 1. The Kier molecular flexibility index (Phi) is 12.3. The molecule has 1 aromatic carbocycles. The first-order chi connectivity index (χ1) is 15.9. The lowest BCUT2D eigenvalue weighted by molar-refractivity contribution is -0.104. The van der Waals surface area contributed by atoms with Gasteiger partial charge >= 0.3 is 0 Å². The molecule has 0 amide bonds. The molecule has 1 aromatic rings. The van der Waals surface area contributed by atoms with Crippen molar-refractivity contribution >= 4 is 12.1 Å². The summed E-state index contributed by atoms with van der Waals surface area (Å²) in [6, 6.07) is 10.1. The number of aldehydes is 1. The number of allylic oxidation sites excluding steroid dienone is 6. The summed E-state index contributed by atoms with van der Waals surface area (Å²) in [5.74, 6) is 1.50. The number of amidine groups is 1. The van der Waals surface area contributed by atoms with Gasteiger partial charge in [0.1, 0.15) is 24.0 Å². The average Bonchev–Trinajstić information content (AvgIpc) is 2.80. The van der Waals surface area contributed by atoms with Crippen LogP contribution >= 0.6 is 0 Å². The number of ether oxygens (including phenoxy) is 1. The van der Waals surface area contributed by atoms with Gasteiger partial charge in [-0.05, 0) is 44.6 Å². The third-order valence-corrected chi connectivity index (χ3v) is 4.81. The number of aliphatic imine (C=N–C) groups is 1. The predicted octanol–water partition coefficient (Wildman–Crippen LogP) is 4.84. The van der Waals surface area contributed by atoms with Crippen LogP contribution in [-0.4, -0.2) is 56.7 Å². The van der Waals surface area contributed by atoms with Crippen LogP contribution < -0.4 is 5.32 Å². The first-order valence-corrected chi connectivity index (χ1v) is 11.0. The maximum Gasteiger partial charge on any atom is 0.144 e. The summed E-state index contributed by atoms with van der Waals surface area (Å²) in [7, 11) is 7.63. The van der Waals surface area contributed by atoms with E-state index in [0.717, 1.165) is 34.8 Å². The molecule has 0 saturated heterocycles. The van der Waals surface area contributed by atoms with Gasteiger partial charge in [-0.3, -0.25) is 9.79 Å². The fraction of sp³-hybridized carbons (Fsp3) is 0.333. The SMILES string of the molecule is C=C/C=C(\C=C/C)N(C)/C(N/C(C)=C/C=O)=C(\C(=NC)N(C)C)C(OCC)c1ccccc1. The van der Waals surface area contributed by atoms with E-state index < -0.39 is 6.10 Å². The minimum absolute atomic E-state index is 0.401. The molecule has 0 heterocycles. The van der Waals surface area contributed by atoms with Crippen LogP contribution in [0.4, 0.5) is 0 Å². The number of nitrogens with zero attached hydrogens (tertiary/aromatic N) is 3. The summed E-state index contributed by atoms with van der Waals surface area (Å²) in [5.41, 5.74) is 3.45. The summed E-state index contributed by atoms with van der Waals surface area (Å²) in [5, 5.41) is 3.43. The monoisotopic (exact) mass is 450 g/mol. The van der Waals surface area contributed by atoms with E-state index in [1.54, 1.807) is 13.1 Å². The molecule has 6 nitrogen and oxygen atoms in total. The van der Waals surface area contributed by atoms with Crippen molar-refractivity contribution in [1.82, 2.24) is 15.1 Å². The van der Waals surface area contributed by atoms with E-state index in [2.05, 4.69) is 16.9 Å². The van der Waals surface area contributed by atoms with Gasteiger partial charge in [-0.15, -0.1) is 0 Å². The number of hydrogen-bond donors (Lipinski definition) is 1. The predicted molar refractivity (Wildman–Crippen MR) is 139 cm³/mol. The van der Waals surface area contributed by atoms with Crippen LogP contribution in [0.5, 0.6) is 0 Å². The molecule has 0 fully saturated rings. The van der Waals surface area contributed by atoms with Crippen LogP contribution in [0.25, 0.3) is 0 Å². The zero-order valence-corrected chi connectivity index (χ0v) is 21.0. The van der Waals surface area contributed by atoms with Crippen LogP contribution in [-0.2, 0) is 9.53 Å². The van der Waals surface area contributed by atoms with Crippen LogP contribution in [0.2, 0.25) is 0 Å². The topological polar surface area (TPSA) is 57.2 Å². The van der Waals surface area contributed by atoms with Crippen molar-refractivity contribution < 1.29 is 9.53 Å². The van der Waals surface area contributed by atoms with Crippen LogP contribution in [0.1, 0.15) is 32.4 Å². The first-order valence-electron chi connectivity index (χ1n) is 11.0. The molecule has 0 aliphatic heterocycles. The van der Waals surface area contributed by atoms with Gasteiger partial charge in [0, 0.05) is 46.2 Å². The van der Waals surface area contributed by atoms with Crippen LogP contribution in [0.15, 0.2) is 95.1 Å². The van der Waals surface area contributed by atoms with E-state index in [9.17, 15) is 4.79 Å². The number of nitrogens with one attached hydrogen (secondary N) is 1. The number of rotatable bonds is 12. The average molecular weight is 451 g/mol. The number of benzene rings is 1. The highest BCUT2D eigenvalue weighted by atomic mass is 16.5. The molecule has 1 rings (SSSR count). The molecule has 0 aromatic heterocycles. The smallest absolute Gasteiger partial charge is 0.144 e. The Morgan fingerprint density at radius 3 is 2.36 bits per heavy atom. The van der Waals surface area contributed by atoms with Gasteiger partial charge in [-0.25, -0.2) is 0 Å². The Labute approximate surface area is 199 Å². The van der Waals surface area contributed by atoms with Gasteiger partial charge in [0.05, 0.1) is 5.57 Å². The van der Waals surface area contributed by atoms with Gasteiger partial charge in [0.15, 0.2) is 0 Å². The van der Waals surface area contributed by atoms with E-state index in [1.165, 1.54) is 6.08 Å². The highest BCUT2D eigenvalue weighted by Crippen LogP contribution is 2.32. The van der Waals surface area contributed by atoms with Crippen molar-refractivity contribution in [3.05, 3.63) is 95.6 Å². The van der Waals surface area contributed by atoms with Crippen LogP contribution in [0, 0.1) is 0 Å². The van der Waals surface area contributed by atoms with Crippen molar-refractivity contribution in [3.8, 4) is 0 Å². The molecule has 0 spiro atoms. The normalized spacial score (nSPS) is 14.6. The summed E-state index contributed by atoms with van der Waals surface area (Å²) >= 11 is 0. The van der Waals surface area contributed by atoms with Gasteiger partial charge < -0.3 is 19.9 Å². The van der Waals surface area contributed by atoms with Crippen molar-refractivity contribution in [1.29, 1.82) is 0 Å². The van der Waals surface area contributed by atoms with E-state index in [1.807, 2.05) is 100 Å². The highest BCUT2D eigenvalue weighted by molar-refractivity contribution is 5.99. The van der Waals surface area contributed by atoms with Gasteiger partial charge in [0.2, 0.25) is 0 Å². The lowest BCUT2D eigenvalue weighted by Crippen LogP contribution is -2.36. The van der Waals surface area contributed by atoms with Gasteiger partial charge in [-0.1, -0.05) is 49.1 Å². The Bertz CT molecular complexity index is 925. The molecule has 0 saturated carbocycles. The quantitative estimate of drug-likeness (QED) is 0.162. The van der Waals surface area contributed by atoms with Crippen molar-refractivity contribution in [2.45, 2.75) is 26.9 Å². The largest absolute Gasteiger partial charge is 0.369 e. The maximum atomic E-state index is 11.2. The molecule has 0 radical (unpaired) electrons. The second-order valence-electron chi connectivity index (χ2n) is 7.45. The molecule has 178 valence electrons. The minimum atomic E-state index is -0.401. The number of hydrogen-bond acceptors (Lipinski definition) is 5. The highest BCUT2D eigenvalue weighted by Gasteiger charge is 2.29. The van der Waals surface area contributed by atoms with Crippen molar-refractivity contribution in [2.24, 2.45) is 4.99 Å². The summed E-state index contributed by atoms with van der Waals surface area (Å²) in [4.78, 5) is 19.8. The zero-order valence-electron chi connectivity index (χ0n) is 21.0. The summed E-state index contributed by atoms with van der Waals surface area (Å²) in [6.07, 6.45) is 9.50. The Hall–Kier alpha value is -3.38. The van der Waals surface area contributed by atoms with Gasteiger partial charge in [-0.2, -0.15) is 0 Å². The Morgan fingerprint density at radius 2 is 1.88 bits per heavy atom. The fourth-order valence-electron chi connectivity index (χ4n) is 3.41. The fourth-order valence-corrected chi connectivity index (χ4v) is 3.41. The minimum Gasteiger partial charge on any atom is -0.369 e. The molecule has 33 heavy (non-hydrogen) atoms. The molecule has 1 atom stereocenters. The van der Waals surface area contributed by atoms with E-state index in [0.29, 0.717) is 12.3 Å². The second kappa shape index (κ2) is 14.6. The third-order valence-electron chi connectivity index (χ3n) is 4.81. The standard InChI is InChI=1S/C27H38N4O2/c1-9-15-23(16-10-2)31(8)27(29-21(4)19-20-32)24(26(28-5)30(6)7)25(33-11-3)22-17-13-12-14-18-22/h9-10,12-20,25,29H,1,11H2,2-8H3/b16-10-,21-19+,23-15+,27-24-,28-26?. The molecular weight excluding hydrogens is 412 g/mol. The van der Waals surface area contributed by atoms with Crippen molar-refractivity contribution in [3.63, 3.8) is 0 Å². The number of carbonyl (C=O) groups is 1. The first kappa shape index (κ1) is 27.7. The summed E-state index contributed by atoms with van der Waals surface area (Å²) < 4.78 is 6.32. The van der Waals surface area contributed by atoms with E-state index in [-0.39, 0.29) is 0 Å². The van der Waals surface area contributed by atoms with Crippen LogP contribution in [0.3, 0.4) is 0 Å². The molecule has 0 aliphatic carbocycles. The van der Waals surface area contributed by atoms with E-state index in [4.69, 9.17) is 4.74 Å². The third kappa shape index (κ3) is 7.91. The van der Waals surface area contributed by atoms with E-state index >= 15 is 0 Å². The molecule has 6 heteroatoms. The number of likely N-dealkylation sites (N-methyl/N-ethyl adjacent to an activating group) is 2. The Balaban J connectivity index is 4.07. The molecule has 1 N–H and O–H groups in total. The summed E-state index contributed by atoms with van der Waals surface area (Å²) in [6.45, 7) is 10.2. The Morgan fingerprint density at radius 1 is 1.21 bits per heavy atom.